The lowest BCUT2D eigenvalue weighted by molar-refractivity contribution is -0.180. The number of anilines is 2. The molecule has 0 radical (unpaired) electrons. The predicted molar refractivity (Wildman–Crippen MR) is 146 cm³/mol. The van der Waals surface area contributed by atoms with Gasteiger partial charge in [-0.25, -0.2) is 0 Å². The average Bonchev–Trinajstić information content (AvgIpc) is 3.25. The van der Waals surface area contributed by atoms with E-state index in [0.717, 1.165) is 24.6 Å². The third-order valence-corrected chi connectivity index (χ3v) is 7.46. The summed E-state index contributed by atoms with van der Waals surface area (Å²) in [6, 6.07) is 17.1. The number of nitrogens with zero attached hydrogens (tertiary/aromatic N) is 1. The highest BCUT2D eigenvalue weighted by Gasteiger charge is 2.48. The predicted octanol–water partition coefficient (Wildman–Crippen LogP) is 6.78. The van der Waals surface area contributed by atoms with Crippen LogP contribution in [0, 0.1) is 0 Å². The van der Waals surface area contributed by atoms with E-state index in [9.17, 15) is 22.8 Å². The summed E-state index contributed by atoms with van der Waals surface area (Å²) < 4.78 is 46.6. The Morgan fingerprint density at radius 3 is 2.44 bits per heavy atom. The van der Waals surface area contributed by atoms with Crippen LogP contribution >= 0.6 is 0 Å². The summed E-state index contributed by atoms with van der Waals surface area (Å²) in [4.78, 5) is 27.0. The van der Waals surface area contributed by atoms with E-state index in [4.69, 9.17) is 4.42 Å². The zero-order valence-electron chi connectivity index (χ0n) is 22.0. The zero-order chi connectivity index (χ0) is 27.9. The molecule has 4 aromatic rings. The molecule has 2 heterocycles. The third-order valence-electron chi connectivity index (χ3n) is 7.46. The topological polar surface area (TPSA) is 74.6 Å². The second kappa shape index (κ2) is 9.94. The van der Waals surface area contributed by atoms with Crippen LogP contribution in [0.15, 0.2) is 65.1 Å². The molecule has 1 saturated heterocycles. The molecule has 1 aromatic heterocycles. The Hall–Kier alpha value is -4.01. The Labute approximate surface area is 224 Å². The number of carbonyl (C=O) groups is 2. The fourth-order valence-corrected chi connectivity index (χ4v) is 4.96. The van der Waals surface area contributed by atoms with Crippen molar-refractivity contribution in [1.82, 2.24) is 5.32 Å². The van der Waals surface area contributed by atoms with Crippen molar-refractivity contribution in [3.8, 4) is 0 Å². The van der Waals surface area contributed by atoms with Crippen LogP contribution in [0.25, 0.3) is 21.9 Å². The summed E-state index contributed by atoms with van der Waals surface area (Å²) in [5, 5.41) is 7.80. The maximum Gasteiger partial charge on any atom is 0.397 e. The van der Waals surface area contributed by atoms with Gasteiger partial charge in [-0.1, -0.05) is 12.1 Å². The number of piperidine rings is 1. The largest absolute Gasteiger partial charge is 0.456 e. The van der Waals surface area contributed by atoms with Gasteiger partial charge in [-0.2, -0.15) is 13.2 Å². The Bertz CT molecular complexity index is 1560. The summed E-state index contributed by atoms with van der Waals surface area (Å²) in [5.74, 6) is -0.252. The molecule has 204 valence electrons. The Morgan fingerprint density at radius 2 is 1.74 bits per heavy atom. The number of hydrogen-bond acceptors (Lipinski definition) is 4. The van der Waals surface area contributed by atoms with Crippen LogP contribution in [0.2, 0.25) is 0 Å². The number of halogens is 3. The lowest BCUT2D eigenvalue weighted by Gasteiger charge is -2.33. The van der Waals surface area contributed by atoms with E-state index in [0.29, 0.717) is 47.6 Å². The summed E-state index contributed by atoms with van der Waals surface area (Å²) >= 11 is 0. The maximum absolute atomic E-state index is 13.5. The van der Waals surface area contributed by atoms with Gasteiger partial charge in [0.1, 0.15) is 11.2 Å². The molecule has 2 N–H and O–H groups in total. The quantitative estimate of drug-likeness (QED) is 0.284. The van der Waals surface area contributed by atoms with Crippen molar-refractivity contribution < 1.29 is 27.2 Å². The number of hydrogen-bond donors (Lipinski definition) is 2. The van der Waals surface area contributed by atoms with Gasteiger partial charge in [-0.05, 0) is 75.2 Å². The van der Waals surface area contributed by atoms with Crippen LogP contribution in [-0.4, -0.2) is 37.1 Å². The highest BCUT2D eigenvalue weighted by Crippen LogP contribution is 2.41. The van der Waals surface area contributed by atoms with Crippen molar-refractivity contribution in [3.63, 3.8) is 0 Å². The first-order chi connectivity index (χ1) is 18.5. The normalized spacial score (nSPS) is 16.6. The minimum absolute atomic E-state index is 0.0838. The highest BCUT2D eigenvalue weighted by molar-refractivity contribution is 6.09. The first-order valence-corrected chi connectivity index (χ1v) is 13.0. The number of furan rings is 1. The van der Waals surface area contributed by atoms with E-state index in [1.165, 1.54) is 12.1 Å². The number of carbonyl (C=O) groups excluding carboxylic acids is 2. The van der Waals surface area contributed by atoms with Gasteiger partial charge < -0.3 is 20.0 Å². The zero-order valence-corrected chi connectivity index (χ0v) is 22.0. The van der Waals surface area contributed by atoms with E-state index < -0.39 is 11.6 Å². The van der Waals surface area contributed by atoms with Crippen molar-refractivity contribution in [2.45, 2.75) is 51.2 Å². The van der Waals surface area contributed by atoms with E-state index in [1.807, 2.05) is 31.2 Å². The molecule has 0 bridgehead atoms. The van der Waals surface area contributed by atoms with Gasteiger partial charge in [0.2, 0.25) is 5.91 Å². The molecule has 0 saturated carbocycles. The van der Waals surface area contributed by atoms with Gasteiger partial charge in [0.25, 0.3) is 5.91 Å². The SMILES string of the molecule is CCNC(=O)c1ccc2c(c1)oc1cc(N3CC[C@H](Nc4cccc(C(C)(C)C(F)(F)F)c4)CC3=O)ccc12. The van der Waals surface area contributed by atoms with Crippen molar-refractivity contribution in [2.24, 2.45) is 0 Å². The first kappa shape index (κ1) is 26.6. The van der Waals surface area contributed by atoms with E-state index in [-0.39, 0.29) is 29.8 Å². The minimum Gasteiger partial charge on any atom is -0.456 e. The van der Waals surface area contributed by atoms with Crippen LogP contribution in [0.5, 0.6) is 0 Å². The molecule has 6 nitrogen and oxygen atoms in total. The second-order valence-electron chi connectivity index (χ2n) is 10.4. The number of rotatable bonds is 6. The summed E-state index contributed by atoms with van der Waals surface area (Å²) in [5.41, 5.74) is 1.18. The van der Waals surface area contributed by atoms with Gasteiger partial charge in [-0.3, -0.25) is 9.59 Å². The summed E-state index contributed by atoms with van der Waals surface area (Å²) in [7, 11) is 0. The summed E-state index contributed by atoms with van der Waals surface area (Å²) in [6.07, 6.45) is -3.53. The standard InChI is InChI=1S/C30H30F3N3O3/c1-4-34-28(38)18-8-10-23-24-11-9-22(17-26(24)39-25(23)14-18)36-13-12-21(16-27(36)37)35-20-7-5-6-19(15-20)29(2,3)30(31,32)33/h5-11,14-15,17,21,35H,4,12-13,16H2,1-3H3,(H,34,38)/t21-/m0/s1. The molecule has 1 fully saturated rings. The van der Waals surface area contributed by atoms with E-state index in [2.05, 4.69) is 10.6 Å². The molecular formula is C30H30F3N3O3. The second-order valence-corrected chi connectivity index (χ2v) is 10.4. The minimum atomic E-state index is -4.38. The molecule has 2 amide bonds. The Balaban J connectivity index is 1.31. The number of nitrogens with one attached hydrogen (secondary N) is 2. The molecule has 0 aliphatic carbocycles. The van der Waals surface area contributed by atoms with Gasteiger partial charge >= 0.3 is 6.18 Å². The fourth-order valence-electron chi connectivity index (χ4n) is 4.96. The first-order valence-electron chi connectivity index (χ1n) is 13.0. The van der Waals surface area contributed by atoms with Gasteiger partial charge in [-0.15, -0.1) is 0 Å². The molecule has 1 atom stereocenters. The lowest BCUT2D eigenvalue weighted by atomic mass is 9.83. The molecular weight excluding hydrogens is 507 g/mol. The number of fused-ring (bicyclic) bond motifs is 3. The van der Waals surface area contributed by atoms with Crippen molar-refractivity contribution in [2.75, 3.05) is 23.3 Å². The van der Waals surface area contributed by atoms with Gasteiger partial charge in [0.15, 0.2) is 0 Å². The van der Waals surface area contributed by atoms with Gasteiger partial charge in [0, 0.05) is 59.3 Å². The fraction of sp³-hybridized carbons (Fsp3) is 0.333. The molecule has 5 rings (SSSR count). The van der Waals surface area contributed by atoms with Crippen molar-refractivity contribution in [1.29, 1.82) is 0 Å². The highest BCUT2D eigenvalue weighted by atomic mass is 19.4. The van der Waals surface area contributed by atoms with Crippen LogP contribution in [-0.2, 0) is 10.2 Å². The number of benzene rings is 3. The molecule has 39 heavy (non-hydrogen) atoms. The number of amides is 2. The molecule has 1 aliphatic heterocycles. The lowest BCUT2D eigenvalue weighted by Crippen LogP contribution is -2.43. The molecule has 9 heteroatoms. The molecule has 1 aliphatic rings. The molecule has 0 spiro atoms. The van der Waals surface area contributed by atoms with E-state index >= 15 is 0 Å². The van der Waals surface area contributed by atoms with Crippen molar-refractivity contribution >= 4 is 45.1 Å². The van der Waals surface area contributed by atoms with Crippen LogP contribution in [0.1, 0.15) is 49.5 Å². The molecule has 0 unspecified atom stereocenters. The number of alkyl halides is 3. The monoisotopic (exact) mass is 537 g/mol. The Kier molecular flexibility index (Phi) is 6.78. The van der Waals surface area contributed by atoms with Crippen LogP contribution in [0.4, 0.5) is 24.5 Å². The van der Waals surface area contributed by atoms with Crippen LogP contribution < -0.4 is 15.5 Å². The van der Waals surface area contributed by atoms with Crippen LogP contribution in [0.3, 0.4) is 0 Å². The third kappa shape index (κ3) is 5.05. The summed E-state index contributed by atoms with van der Waals surface area (Å²) in [6.45, 7) is 5.17. The maximum atomic E-state index is 13.5. The molecule has 3 aromatic carbocycles. The smallest absolute Gasteiger partial charge is 0.397 e. The Morgan fingerprint density at radius 1 is 1.03 bits per heavy atom. The van der Waals surface area contributed by atoms with Gasteiger partial charge in [0.05, 0.1) is 5.41 Å². The van der Waals surface area contributed by atoms with E-state index in [1.54, 1.807) is 29.2 Å². The average molecular weight is 538 g/mol. The van der Waals surface area contributed by atoms with Crippen molar-refractivity contribution in [3.05, 3.63) is 71.8 Å².